The molecule has 0 saturated carbocycles. The van der Waals surface area contributed by atoms with Crippen molar-refractivity contribution in [3.63, 3.8) is 0 Å². The predicted molar refractivity (Wildman–Crippen MR) is 34.6 cm³/mol. The summed E-state index contributed by atoms with van der Waals surface area (Å²) < 4.78 is 0. The molecule has 0 aromatic carbocycles. The van der Waals surface area contributed by atoms with E-state index in [2.05, 4.69) is 6.92 Å². The molecule has 0 aliphatic rings. The van der Waals surface area contributed by atoms with E-state index < -0.39 is 0 Å². The van der Waals surface area contributed by atoms with Crippen molar-refractivity contribution in [3.05, 3.63) is 0 Å². The molecule has 3 N–H and O–H groups in total. The molecule has 0 radical (unpaired) electrons. The maximum Gasteiger partial charge on any atom is 0.0662 e. The number of aliphatic hydroxyl groups excluding tert-OH is 1. The van der Waals surface area contributed by atoms with Gasteiger partial charge in [-0.15, -0.1) is 0 Å². The van der Waals surface area contributed by atoms with Crippen LogP contribution in [0.4, 0.5) is 0 Å². The SMILES string of the molecule is CCCC(N)[C@H](C)O. The van der Waals surface area contributed by atoms with Gasteiger partial charge in [0, 0.05) is 6.04 Å². The van der Waals surface area contributed by atoms with Gasteiger partial charge in [-0.3, -0.25) is 0 Å². The molecular formula is C6H15NO. The van der Waals surface area contributed by atoms with Gasteiger partial charge in [-0.25, -0.2) is 0 Å². The highest BCUT2D eigenvalue weighted by Crippen LogP contribution is 1.96. The fraction of sp³-hybridized carbons (Fsp3) is 1.00. The molecule has 2 nitrogen and oxygen atoms in total. The van der Waals surface area contributed by atoms with Gasteiger partial charge in [-0.05, 0) is 13.3 Å². The highest BCUT2D eigenvalue weighted by atomic mass is 16.3. The van der Waals surface area contributed by atoms with E-state index in [0.29, 0.717) is 0 Å². The molecule has 1 unspecified atom stereocenters. The van der Waals surface area contributed by atoms with Crippen LogP contribution in [0.25, 0.3) is 0 Å². The van der Waals surface area contributed by atoms with Gasteiger partial charge in [0.15, 0.2) is 0 Å². The lowest BCUT2D eigenvalue weighted by atomic mass is 10.1. The summed E-state index contributed by atoms with van der Waals surface area (Å²) in [6.45, 7) is 3.78. The maximum atomic E-state index is 8.83. The van der Waals surface area contributed by atoms with Gasteiger partial charge in [0.25, 0.3) is 0 Å². The molecule has 0 aromatic rings. The average molecular weight is 117 g/mol. The van der Waals surface area contributed by atoms with Crippen molar-refractivity contribution >= 4 is 0 Å². The van der Waals surface area contributed by atoms with Gasteiger partial charge in [-0.1, -0.05) is 13.3 Å². The number of aliphatic hydroxyl groups is 1. The number of rotatable bonds is 3. The summed E-state index contributed by atoms with van der Waals surface area (Å²) in [4.78, 5) is 0. The Bertz CT molecular complexity index is 54.5. The number of nitrogens with two attached hydrogens (primary N) is 1. The van der Waals surface area contributed by atoms with Gasteiger partial charge in [0.2, 0.25) is 0 Å². The topological polar surface area (TPSA) is 46.2 Å². The second-order valence-corrected chi connectivity index (χ2v) is 2.19. The summed E-state index contributed by atoms with van der Waals surface area (Å²) in [6.07, 6.45) is 1.61. The highest BCUT2D eigenvalue weighted by Gasteiger charge is 2.05. The van der Waals surface area contributed by atoms with E-state index in [1.807, 2.05) is 0 Å². The first-order valence-electron chi connectivity index (χ1n) is 3.12. The summed E-state index contributed by atoms with van der Waals surface area (Å²) in [5.74, 6) is 0. The lowest BCUT2D eigenvalue weighted by molar-refractivity contribution is 0.159. The van der Waals surface area contributed by atoms with E-state index in [4.69, 9.17) is 10.8 Å². The molecule has 0 aliphatic carbocycles. The van der Waals surface area contributed by atoms with Gasteiger partial charge in [0.05, 0.1) is 6.10 Å². The molecule has 0 aliphatic heterocycles. The van der Waals surface area contributed by atoms with E-state index in [1.165, 1.54) is 0 Å². The summed E-state index contributed by atoms with van der Waals surface area (Å²) in [5.41, 5.74) is 5.48. The molecular weight excluding hydrogens is 102 g/mol. The van der Waals surface area contributed by atoms with Crippen LogP contribution < -0.4 is 5.73 Å². The second-order valence-electron chi connectivity index (χ2n) is 2.19. The Kier molecular flexibility index (Phi) is 3.83. The normalized spacial score (nSPS) is 18.0. The Hall–Kier alpha value is -0.0800. The Morgan fingerprint density at radius 2 is 2.12 bits per heavy atom. The van der Waals surface area contributed by atoms with Crippen LogP contribution in [-0.4, -0.2) is 17.3 Å². The molecule has 2 heteroatoms. The lowest BCUT2D eigenvalue weighted by Crippen LogP contribution is -2.31. The van der Waals surface area contributed by atoms with Crippen LogP contribution in [0.5, 0.6) is 0 Å². The van der Waals surface area contributed by atoms with Crippen molar-refractivity contribution in [1.29, 1.82) is 0 Å². The van der Waals surface area contributed by atoms with Gasteiger partial charge in [0.1, 0.15) is 0 Å². The Morgan fingerprint density at radius 1 is 1.62 bits per heavy atom. The van der Waals surface area contributed by atoms with Crippen LogP contribution in [0, 0.1) is 0 Å². The van der Waals surface area contributed by atoms with Crippen LogP contribution in [0.3, 0.4) is 0 Å². The van der Waals surface area contributed by atoms with E-state index in [1.54, 1.807) is 6.92 Å². The third kappa shape index (κ3) is 2.99. The van der Waals surface area contributed by atoms with Gasteiger partial charge < -0.3 is 10.8 Å². The fourth-order valence-corrected chi connectivity index (χ4v) is 0.575. The minimum Gasteiger partial charge on any atom is -0.392 e. The Balaban J connectivity index is 3.17. The van der Waals surface area contributed by atoms with Crippen molar-refractivity contribution in [2.45, 2.75) is 38.8 Å². The zero-order valence-corrected chi connectivity index (χ0v) is 5.59. The largest absolute Gasteiger partial charge is 0.392 e. The van der Waals surface area contributed by atoms with Crippen molar-refractivity contribution in [2.24, 2.45) is 5.73 Å². The van der Waals surface area contributed by atoms with E-state index in [-0.39, 0.29) is 12.1 Å². The second kappa shape index (κ2) is 3.87. The van der Waals surface area contributed by atoms with Gasteiger partial charge >= 0.3 is 0 Å². The maximum absolute atomic E-state index is 8.83. The van der Waals surface area contributed by atoms with Crippen molar-refractivity contribution in [3.8, 4) is 0 Å². The third-order valence-electron chi connectivity index (χ3n) is 1.24. The van der Waals surface area contributed by atoms with Gasteiger partial charge in [-0.2, -0.15) is 0 Å². The molecule has 0 saturated heterocycles. The van der Waals surface area contributed by atoms with E-state index >= 15 is 0 Å². The minimum absolute atomic E-state index is 0.0278. The van der Waals surface area contributed by atoms with Crippen molar-refractivity contribution in [2.75, 3.05) is 0 Å². The average Bonchev–Trinajstić information content (AvgIpc) is 1.67. The summed E-state index contributed by atoms with van der Waals surface area (Å²) in [7, 11) is 0. The van der Waals surface area contributed by atoms with Crippen molar-refractivity contribution in [1.82, 2.24) is 0 Å². The monoisotopic (exact) mass is 117 g/mol. The highest BCUT2D eigenvalue weighted by molar-refractivity contribution is 4.65. The molecule has 0 aromatic heterocycles. The van der Waals surface area contributed by atoms with E-state index in [0.717, 1.165) is 12.8 Å². The molecule has 0 amide bonds. The van der Waals surface area contributed by atoms with Crippen LogP contribution in [-0.2, 0) is 0 Å². The minimum atomic E-state index is -0.352. The molecule has 50 valence electrons. The molecule has 0 spiro atoms. The third-order valence-corrected chi connectivity index (χ3v) is 1.24. The number of hydrogen-bond donors (Lipinski definition) is 2. The summed E-state index contributed by atoms with van der Waals surface area (Å²) >= 11 is 0. The first kappa shape index (κ1) is 7.92. The molecule has 0 rings (SSSR count). The first-order valence-corrected chi connectivity index (χ1v) is 3.12. The smallest absolute Gasteiger partial charge is 0.0662 e. The predicted octanol–water partition coefficient (Wildman–Crippen LogP) is 0.495. The van der Waals surface area contributed by atoms with Crippen molar-refractivity contribution < 1.29 is 5.11 Å². The molecule has 0 fully saturated rings. The quantitative estimate of drug-likeness (QED) is 0.565. The molecule has 2 atom stereocenters. The molecule has 8 heavy (non-hydrogen) atoms. The zero-order valence-electron chi connectivity index (χ0n) is 5.59. The Labute approximate surface area is 50.7 Å². The number of hydrogen-bond acceptors (Lipinski definition) is 2. The Morgan fingerprint density at radius 3 is 2.25 bits per heavy atom. The van der Waals surface area contributed by atoms with Crippen LogP contribution in [0.1, 0.15) is 26.7 Å². The van der Waals surface area contributed by atoms with Crippen LogP contribution in [0.15, 0.2) is 0 Å². The standard InChI is InChI=1S/C6H15NO/c1-3-4-6(7)5(2)8/h5-6,8H,3-4,7H2,1-2H3/t5-,6?/m0/s1. The fourth-order valence-electron chi connectivity index (χ4n) is 0.575. The van der Waals surface area contributed by atoms with Crippen LogP contribution in [0.2, 0.25) is 0 Å². The first-order chi connectivity index (χ1) is 3.68. The molecule has 0 bridgehead atoms. The van der Waals surface area contributed by atoms with Crippen LogP contribution >= 0.6 is 0 Å². The lowest BCUT2D eigenvalue weighted by Gasteiger charge is -2.11. The summed E-state index contributed by atoms with van der Waals surface area (Å²) in [5, 5.41) is 8.83. The summed E-state index contributed by atoms with van der Waals surface area (Å²) in [6, 6.07) is -0.0278. The zero-order chi connectivity index (χ0) is 6.57. The molecule has 0 heterocycles. The van der Waals surface area contributed by atoms with E-state index in [9.17, 15) is 0 Å².